The summed E-state index contributed by atoms with van der Waals surface area (Å²) in [5, 5.41) is 0. The van der Waals surface area contributed by atoms with Gasteiger partial charge in [0.2, 0.25) is 0 Å². The maximum atomic E-state index is 2.44. The van der Waals surface area contributed by atoms with Gasteiger partial charge in [0.25, 0.3) is 0 Å². The van der Waals surface area contributed by atoms with Crippen LogP contribution in [0.15, 0.2) is 29.2 Å². The Morgan fingerprint density at radius 2 is 1.75 bits per heavy atom. The van der Waals surface area contributed by atoms with E-state index in [1.165, 1.54) is 24.2 Å². The molecule has 0 amide bonds. The molecule has 1 aromatic carbocycles. The average Bonchev–Trinajstić information content (AvgIpc) is 2.26. The van der Waals surface area contributed by atoms with Crippen molar-refractivity contribution in [3.8, 4) is 0 Å². The molecule has 0 heterocycles. The van der Waals surface area contributed by atoms with E-state index in [1.54, 1.807) is 4.90 Å². The van der Waals surface area contributed by atoms with Crippen LogP contribution >= 0.6 is 9.88 Å². The van der Waals surface area contributed by atoms with Crippen molar-refractivity contribution in [2.24, 2.45) is 0 Å². The Labute approximate surface area is 103 Å². The van der Waals surface area contributed by atoms with Crippen LogP contribution < -0.4 is 0 Å². The molecule has 1 unspecified atom stereocenters. The molecule has 1 atom stereocenters. The van der Waals surface area contributed by atoms with Crippen molar-refractivity contribution >= 4 is 17.0 Å². The Balaban J connectivity index is 2.79. The fraction of sp³-hybridized carbons (Fsp3) is 0.571. The number of hydrogen-bond donors (Lipinski definition) is 0. The van der Waals surface area contributed by atoms with Gasteiger partial charge in [-0.3, -0.25) is 9.88 Å². The Morgan fingerprint density at radius 3 is 2.19 bits per heavy atom. The number of benzene rings is 1. The molecule has 2 heteroatoms. The summed E-state index contributed by atoms with van der Waals surface area (Å²) in [4.78, 5) is 1.56. The number of rotatable bonds is 5. The maximum absolute atomic E-state index is 2.44. The molecule has 0 aliphatic heterocycles. The molecule has 0 spiro atoms. The van der Waals surface area contributed by atoms with Gasteiger partial charge >= 0.3 is 0 Å². The molecule has 0 saturated heterocycles. The summed E-state index contributed by atoms with van der Waals surface area (Å²) >= 11 is 0. The van der Waals surface area contributed by atoms with Gasteiger partial charge in [0, 0.05) is 0 Å². The van der Waals surface area contributed by atoms with E-state index in [9.17, 15) is 0 Å². The van der Waals surface area contributed by atoms with Gasteiger partial charge in [-0.1, -0.05) is 51.5 Å². The zero-order chi connectivity index (χ0) is 12.2. The van der Waals surface area contributed by atoms with Gasteiger partial charge in [-0.05, 0) is 34.8 Å². The molecule has 0 saturated carbocycles. The van der Waals surface area contributed by atoms with Crippen molar-refractivity contribution in [2.45, 2.75) is 44.4 Å². The van der Waals surface area contributed by atoms with Crippen LogP contribution in [0.25, 0.3) is 0 Å². The highest BCUT2D eigenvalue weighted by Crippen LogP contribution is 2.48. The summed E-state index contributed by atoms with van der Waals surface area (Å²) in [6.07, 6.45) is 5.10. The third-order valence-electron chi connectivity index (χ3n) is 3.19. The van der Waals surface area contributed by atoms with E-state index in [-0.39, 0.29) is 0 Å². The molecule has 90 valence electrons. The average molecular weight is 236 g/mol. The van der Waals surface area contributed by atoms with E-state index >= 15 is 0 Å². The zero-order valence-electron chi connectivity index (χ0n) is 11.4. The molecule has 0 fully saturated rings. The predicted molar refractivity (Wildman–Crippen MR) is 80.6 cm³/mol. The third kappa shape index (κ3) is 3.59. The first kappa shape index (κ1) is 13.7. The number of unbranched alkanes of at least 4 members (excludes halogenated alkanes) is 1. The summed E-state index contributed by atoms with van der Waals surface area (Å²) in [5.41, 5.74) is 1.45. The van der Waals surface area contributed by atoms with E-state index in [1.807, 2.05) is 0 Å². The van der Waals surface area contributed by atoms with Crippen molar-refractivity contribution in [3.05, 3.63) is 29.8 Å². The highest BCUT2D eigenvalue weighted by atomic mass is 32.3. The monoisotopic (exact) mass is 236 g/mol. The Kier molecular flexibility index (Phi) is 4.98. The van der Waals surface area contributed by atoms with Crippen molar-refractivity contribution in [1.82, 2.24) is 0 Å². The second-order valence-corrected chi connectivity index (χ2v) is 9.28. The molecule has 16 heavy (non-hydrogen) atoms. The van der Waals surface area contributed by atoms with E-state index in [0.29, 0.717) is 5.92 Å². The molecule has 0 aliphatic carbocycles. The van der Waals surface area contributed by atoms with Crippen LogP contribution in [0.5, 0.6) is 0 Å². The standard InChI is InChI=1S/C14H25BS/c1-5-6-11-16(4,15)14-9-7-13(8-10-14)12(2)3/h7-10,12H,5-6,11,15H2,1-4H3. The minimum Gasteiger partial charge on any atom is -0.254 e. The zero-order valence-corrected chi connectivity index (χ0v) is 12.2. The van der Waals surface area contributed by atoms with Gasteiger partial charge < -0.3 is 0 Å². The van der Waals surface area contributed by atoms with E-state index in [2.05, 4.69) is 58.4 Å². The molecule has 0 aromatic heterocycles. The van der Waals surface area contributed by atoms with Gasteiger partial charge in [0.15, 0.2) is 7.12 Å². The van der Waals surface area contributed by atoms with E-state index in [4.69, 9.17) is 0 Å². The van der Waals surface area contributed by atoms with Crippen LogP contribution in [-0.2, 0) is 0 Å². The molecule has 0 nitrogen and oxygen atoms in total. The fourth-order valence-electron chi connectivity index (χ4n) is 1.84. The van der Waals surface area contributed by atoms with Crippen LogP contribution in [-0.4, -0.2) is 19.1 Å². The van der Waals surface area contributed by atoms with Crippen molar-refractivity contribution in [3.63, 3.8) is 0 Å². The quantitative estimate of drug-likeness (QED) is 0.679. The number of hydrogen-bond acceptors (Lipinski definition) is 0. The van der Waals surface area contributed by atoms with Crippen LogP contribution in [0.4, 0.5) is 0 Å². The van der Waals surface area contributed by atoms with Gasteiger partial charge in [-0.2, -0.15) is 0 Å². The second-order valence-electron chi connectivity index (χ2n) is 5.32. The Morgan fingerprint density at radius 1 is 1.19 bits per heavy atom. The fourth-order valence-corrected chi connectivity index (χ4v) is 3.96. The van der Waals surface area contributed by atoms with Gasteiger partial charge in [0.1, 0.15) is 0 Å². The van der Waals surface area contributed by atoms with Crippen LogP contribution in [0.1, 0.15) is 45.1 Å². The molecule has 1 aromatic rings. The maximum Gasteiger partial charge on any atom is 0.158 e. The first-order chi connectivity index (χ1) is 7.47. The van der Waals surface area contributed by atoms with E-state index < -0.39 is 9.88 Å². The molecular formula is C14H25BS. The highest BCUT2D eigenvalue weighted by molar-refractivity contribution is 8.49. The first-order valence-corrected chi connectivity index (χ1v) is 8.90. The van der Waals surface area contributed by atoms with Crippen molar-refractivity contribution in [1.29, 1.82) is 0 Å². The summed E-state index contributed by atoms with van der Waals surface area (Å²) in [6.45, 7) is 6.78. The molecule has 0 radical (unpaired) electrons. The lowest BCUT2D eigenvalue weighted by Gasteiger charge is -2.32. The van der Waals surface area contributed by atoms with Crippen LogP contribution in [0, 0.1) is 0 Å². The summed E-state index contributed by atoms with van der Waals surface area (Å²) in [5.74, 6) is 2.01. The third-order valence-corrected chi connectivity index (χ3v) is 6.05. The topological polar surface area (TPSA) is 0 Å². The largest absolute Gasteiger partial charge is 0.254 e. The molecule has 0 aliphatic rings. The van der Waals surface area contributed by atoms with Gasteiger partial charge in [0.05, 0.1) is 0 Å². The molecular weight excluding hydrogens is 211 g/mol. The Hall–Kier alpha value is -0.365. The lowest BCUT2D eigenvalue weighted by Crippen LogP contribution is -2.03. The molecule has 0 N–H and O–H groups in total. The minimum atomic E-state index is -0.565. The summed E-state index contributed by atoms with van der Waals surface area (Å²) < 4.78 is 0. The molecule has 1 rings (SSSR count). The second kappa shape index (κ2) is 5.81. The SMILES string of the molecule is BS(C)(CCCC)c1ccc(C(C)C)cc1. The summed E-state index contributed by atoms with van der Waals surface area (Å²) in [6, 6.07) is 9.31. The first-order valence-electron chi connectivity index (χ1n) is 6.28. The highest BCUT2D eigenvalue weighted by Gasteiger charge is 2.13. The predicted octanol–water partition coefficient (Wildman–Crippen LogP) is 3.95. The van der Waals surface area contributed by atoms with Gasteiger partial charge in [-0.15, -0.1) is 0 Å². The molecule has 0 bridgehead atoms. The Bertz CT molecular complexity index is 314. The summed E-state index contributed by atoms with van der Waals surface area (Å²) in [7, 11) is 1.87. The lowest BCUT2D eigenvalue weighted by atomic mass is 10.0. The normalized spacial score (nSPS) is 17.1. The van der Waals surface area contributed by atoms with Crippen LogP contribution in [0.2, 0.25) is 0 Å². The minimum absolute atomic E-state index is 0.565. The van der Waals surface area contributed by atoms with Crippen LogP contribution in [0.3, 0.4) is 0 Å². The van der Waals surface area contributed by atoms with Crippen molar-refractivity contribution < 1.29 is 0 Å². The smallest absolute Gasteiger partial charge is 0.158 e. The van der Waals surface area contributed by atoms with E-state index in [0.717, 1.165) is 0 Å². The lowest BCUT2D eigenvalue weighted by molar-refractivity contribution is 0.864. The van der Waals surface area contributed by atoms with Gasteiger partial charge in [-0.25, -0.2) is 0 Å². The van der Waals surface area contributed by atoms with Crippen molar-refractivity contribution in [2.75, 3.05) is 12.0 Å².